The molecule has 0 fully saturated rings. The molecule has 0 aromatic heterocycles. The number of hydrogen-bond donors (Lipinski definition) is 2. The van der Waals surface area contributed by atoms with Gasteiger partial charge < -0.3 is 19.7 Å². The maximum Gasteiger partial charge on any atom is 0.130 e. The monoisotopic (exact) mass is 380 g/mol. The summed E-state index contributed by atoms with van der Waals surface area (Å²) in [6.07, 6.45) is 14.2. The summed E-state index contributed by atoms with van der Waals surface area (Å²) < 4.78 is 10.6. The van der Waals surface area contributed by atoms with E-state index in [2.05, 4.69) is 0 Å². The van der Waals surface area contributed by atoms with Crippen molar-refractivity contribution in [1.29, 1.82) is 0 Å². The van der Waals surface area contributed by atoms with Crippen LogP contribution in [0.15, 0.2) is 73.2 Å². The van der Waals surface area contributed by atoms with E-state index in [1.807, 2.05) is 76.3 Å². The fourth-order valence-electron chi connectivity index (χ4n) is 2.15. The van der Waals surface area contributed by atoms with Gasteiger partial charge in [0.05, 0.1) is 12.5 Å². The zero-order chi connectivity index (χ0) is 20.8. The molecule has 0 unspecified atom stereocenters. The van der Waals surface area contributed by atoms with E-state index in [0.29, 0.717) is 11.1 Å². The molecule has 2 aromatic rings. The first kappa shape index (κ1) is 22.6. The zero-order valence-corrected chi connectivity index (χ0v) is 16.8. The molecule has 0 aliphatic carbocycles. The second-order valence-electron chi connectivity index (χ2n) is 5.62. The molecule has 0 saturated carbocycles. The van der Waals surface area contributed by atoms with E-state index in [4.69, 9.17) is 9.47 Å². The van der Waals surface area contributed by atoms with Crippen molar-refractivity contribution < 1.29 is 19.7 Å². The van der Waals surface area contributed by atoms with Crippen molar-refractivity contribution >= 4 is 12.2 Å². The van der Waals surface area contributed by atoms with E-state index in [1.54, 1.807) is 30.7 Å². The number of hydrogen-bond acceptors (Lipinski definition) is 4. The van der Waals surface area contributed by atoms with E-state index in [0.717, 1.165) is 11.5 Å². The van der Waals surface area contributed by atoms with Crippen LogP contribution < -0.4 is 9.47 Å². The Kier molecular flexibility index (Phi) is 10.4. The first-order valence-electron chi connectivity index (χ1n) is 9.02. The molecule has 0 heterocycles. The van der Waals surface area contributed by atoms with Gasteiger partial charge in [0.2, 0.25) is 0 Å². The minimum absolute atomic E-state index is 0.0915. The highest BCUT2D eigenvalue weighted by atomic mass is 16.5. The van der Waals surface area contributed by atoms with Crippen LogP contribution in [0.4, 0.5) is 0 Å². The van der Waals surface area contributed by atoms with Crippen molar-refractivity contribution in [1.82, 2.24) is 0 Å². The first-order valence-corrected chi connectivity index (χ1v) is 9.02. The molecule has 2 aromatic carbocycles. The van der Waals surface area contributed by atoms with E-state index in [1.165, 1.54) is 6.07 Å². The third kappa shape index (κ3) is 7.87. The summed E-state index contributed by atoms with van der Waals surface area (Å²) in [6, 6.07) is 10.6. The number of benzene rings is 2. The Hall–Kier alpha value is -3.40. The molecule has 0 radical (unpaired) electrons. The second kappa shape index (κ2) is 12.9. The number of rotatable bonds is 6. The van der Waals surface area contributed by atoms with Crippen LogP contribution in [0.5, 0.6) is 23.0 Å². The fourth-order valence-corrected chi connectivity index (χ4v) is 2.15. The molecule has 4 nitrogen and oxygen atoms in total. The van der Waals surface area contributed by atoms with E-state index >= 15 is 0 Å². The number of ether oxygens (including phenoxy) is 2. The SMILES string of the molecule is CC=COc1cccc(OC=CC)c1.CC=Cc1cc(C=CC)c(O)cc1O. The molecule has 0 spiro atoms. The van der Waals surface area contributed by atoms with Gasteiger partial charge in [0.25, 0.3) is 0 Å². The maximum absolute atomic E-state index is 9.48. The maximum atomic E-state index is 9.48. The van der Waals surface area contributed by atoms with E-state index in [-0.39, 0.29) is 11.5 Å². The Labute approximate surface area is 167 Å². The average Bonchev–Trinajstić information content (AvgIpc) is 2.69. The predicted molar refractivity (Wildman–Crippen MR) is 117 cm³/mol. The smallest absolute Gasteiger partial charge is 0.130 e. The van der Waals surface area contributed by atoms with Crippen LogP contribution in [0.1, 0.15) is 38.8 Å². The molecule has 0 aliphatic rings. The Morgan fingerprint density at radius 3 is 1.50 bits per heavy atom. The minimum Gasteiger partial charge on any atom is -0.507 e. The summed E-state index contributed by atoms with van der Waals surface area (Å²) in [5.41, 5.74) is 1.41. The minimum atomic E-state index is 0.0915. The molecular weight excluding hydrogens is 352 g/mol. The summed E-state index contributed by atoms with van der Waals surface area (Å²) in [7, 11) is 0. The topological polar surface area (TPSA) is 58.9 Å². The lowest BCUT2D eigenvalue weighted by molar-refractivity contribution is 0.449. The van der Waals surface area contributed by atoms with Gasteiger partial charge in [0.15, 0.2) is 0 Å². The largest absolute Gasteiger partial charge is 0.507 e. The molecule has 0 atom stereocenters. The van der Waals surface area contributed by atoms with Crippen LogP contribution >= 0.6 is 0 Å². The van der Waals surface area contributed by atoms with Gasteiger partial charge in [-0.05, 0) is 45.9 Å². The number of phenols is 2. The summed E-state index contributed by atoms with van der Waals surface area (Å²) in [4.78, 5) is 0. The molecule has 148 valence electrons. The predicted octanol–water partition coefficient (Wildman–Crippen LogP) is 6.68. The van der Waals surface area contributed by atoms with Crippen LogP contribution in [-0.4, -0.2) is 10.2 Å². The van der Waals surface area contributed by atoms with Crippen molar-refractivity contribution in [3.8, 4) is 23.0 Å². The molecule has 0 aliphatic heterocycles. The van der Waals surface area contributed by atoms with Crippen LogP contribution in [0.2, 0.25) is 0 Å². The van der Waals surface area contributed by atoms with Crippen molar-refractivity contribution in [2.24, 2.45) is 0 Å². The number of allylic oxidation sites excluding steroid dienone is 4. The van der Waals surface area contributed by atoms with Gasteiger partial charge in [-0.15, -0.1) is 0 Å². The Morgan fingerprint density at radius 1 is 0.643 bits per heavy atom. The van der Waals surface area contributed by atoms with Crippen molar-refractivity contribution in [3.05, 3.63) is 84.4 Å². The van der Waals surface area contributed by atoms with Gasteiger partial charge >= 0.3 is 0 Å². The Bertz CT molecular complexity index is 783. The van der Waals surface area contributed by atoms with Crippen LogP contribution in [-0.2, 0) is 0 Å². The van der Waals surface area contributed by atoms with Gasteiger partial charge in [-0.2, -0.15) is 0 Å². The van der Waals surface area contributed by atoms with E-state index in [9.17, 15) is 10.2 Å². The third-order valence-corrected chi connectivity index (χ3v) is 3.35. The van der Waals surface area contributed by atoms with Crippen molar-refractivity contribution in [2.75, 3.05) is 0 Å². The standard InChI is InChI=1S/2C12H14O2/c1-3-8-13-11-6-5-7-12(10-11)14-9-4-2;1-3-5-9-7-10(6-4-2)12(14)8-11(9)13/h3-10H,1-2H3;3-8,13-14H,1-2H3. The van der Waals surface area contributed by atoms with Gasteiger partial charge in [-0.1, -0.05) is 42.5 Å². The van der Waals surface area contributed by atoms with Crippen LogP contribution in [0, 0.1) is 0 Å². The van der Waals surface area contributed by atoms with Crippen molar-refractivity contribution in [3.63, 3.8) is 0 Å². The lowest BCUT2D eigenvalue weighted by Crippen LogP contribution is -1.84. The molecule has 0 saturated heterocycles. The first-order chi connectivity index (χ1) is 13.5. The van der Waals surface area contributed by atoms with Gasteiger partial charge in [0, 0.05) is 23.3 Å². The zero-order valence-electron chi connectivity index (χ0n) is 16.8. The normalized spacial score (nSPS) is 11.3. The molecular formula is C24H28O4. The van der Waals surface area contributed by atoms with Crippen LogP contribution in [0.3, 0.4) is 0 Å². The molecule has 0 amide bonds. The van der Waals surface area contributed by atoms with Gasteiger partial charge in [-0.3, -0.25) is 0 Å². The van der Waals surface area contributed by atoms with Gasteiger partial charge in [0.1, 0.15) is 23.0 Å². The number of phenolic OH excluding ortho intramolecular Hbond substituents is 2. The Balaban J connectivity index is 0.000000280. The third-order valence-electron chi connectivity index (χ3n) is 3.35. The van der Waals surface area contributed by atoms with Crippen molar-refractivity contribution in [2.45, 2.75) is 27.7 Å². The molecule has 28 heavy (non-hydrogen) atoms. The molecule has 0 bridgehead atoms. The number of aromatic hydroxyl groups is 2. The molecule has 2 N–H and O–H groups in total. The highest BCUT2D eigenvalue weighted by Crippen LogP contribution is 2.29. The highest BCUT2D eigenvalue weighted by Gasteiger charge is 2.03. The summed E-state index contributed by atoms with van der Waals surface area (Å²) >= 11 is 0. The summed E-state index contributed by atoms with van der Waals surface area (Å²) in [6.45, 7) is 7.56. The summed E-state index contributed by atoms with van der Waals surface area (Å²) in [5, 5.41) is 19.0. The lowest BCUT2D eigenvalue weighted by atomic mass is 10.1. The Morgan fingerprint density at radius 2 is 1.11 bits per heavy atom. The fraction of sp³-hybridized carbons (Fsp3) is 0.167. The highest BCUT2D eigenvalue weighted by molar-refractivity contribution is 5.67. The van der Waals surface area contributed by atoms with Gasteiger partial charge in [-0.25, -0.2) is 0 Å². The molecule has 2 rings (SSSR count). The van der Waals surface area contributed by atoms with E-state index < -0.39 is 0 Å². The summed E-state index contributed by atoms with van der Waals surface area (Å²) in [5.74, 6) is 1.72. The quantitative estimate of drug-likeness (QED) is 0.549. The molecule has 4 heteroatoms. The average molecular weight is 380 g/mol. The second-order valence-corrected chi connectivity index (χ2v) is 5.62. The van der Waals surface area contributed by atoms with Crippen LogP contribution in [0.25, 0.3) is 12.2 Å². The lowest BCUT2D eigenvalue weighted by Gasteiger charge is -2.04.